The zero-order chi connectivity index (χ0) is 21.9. The van der Waals surface area contributed by atoms with Crippen LogP contribution in [0.5, 0.6) is 11.5 Å². The van der Waals surface area contributed by atoms with Crippen LogP contribution < -0.4 is 9.47 Å². The van der Waals surface area contributed by atoms with Crippen LogP contribution in [0.25, 0.3) is 0 Å². The van der Waals surface area contributed by atoms with Gasteiger partial charge >= 0.3 is 6.18 Å². The fourth-order valence-corrected chi connectivity index (χ4v) is 3.32. The van der Waals surface area contributed by atoms with E-state index in [9.17, 15) is 22.8 Å². The highest BCUT2D eigenvalue weighted by molar-refractivity contribution is 5.98. The van der Waals surface area contributed by atoms with Crippen LogP contribution in [0.15, 0.2) is 42.5 Å². The number of hydrogen-bond donors (Lipinski definition) is 0. The number of hydrogen-bond acceptors (Lipinski definition) is 4. The molecule has 0 spiro atoms. The second-order valence-corrected chi connectivity index (χ2v) is 6.70. The molecule has 160 valence electrons. The quantitative estimate of drug-likeness (QED) is 0.759. The van der Waals surface area contributed by atoms with E-state index in [1.54, 1.807) is 23.1 Å². The van der Waals surface area contributed by atoms with Crippen LogP contribution >= 0.6 is 0 Å². The lowest BCUT2D eigenvalue weighted by molar-refractivity contribution is -0.137. The second kappa shape index (κ2) is 8.64. The predicted octanol–water partition coefficient (Wildman–Crippen LogP) is 3.32. The van der Waals surface area contributed by atoms with Gasteiger partial charge in [0.2, 0.25) is 0 Å². The minimum atomic E-state index is -4.45. The van der Waals surface area contributed by atoms with Crippen LogP contribution in [0, 0.1) is 0 Å². The zero-order valence-corrected chi connectivity index (χ0v) is 16.5. The molecule has 2 aromatic rings. The SMILES string of the molecule is COc1cccc(C(=O)N2CCN(C(=O)c3ccc(C(F)(F)F)cc3)CC2)c1OC. The van der Waals surface area contributed by atoms with Gasteiger partial charge in [0, 0.05) is 31.7 Å². The molecule has 1 aliphatic heterocycles. The van der Waals surface area contributed by atoms with Crippen molar-refractivity contribution >= 4 is 11.8 Å². The average Bonchev–Trinajstić information content (AvgIpc) is 2.77. The van der Waals surface area contributed by atoms with E-state index < -0.39 is 11.7 Å². The van der Waals surface area contributed by atoms with Gasteiger partial charge in [-0.1, -0.05) is 6.07 Å². The Morgan fingerprint density at radius 2 is 1.40 bits per heavy atom. The first-order chi connectivity index (χ1) is 14.3. The van der Waals surface area contributed by atoms with Gasteiger partial charge in [-0.25, -0.2) is 0 Å². The maximum absolute atomic E-state index is 12.9. The van der Waals surface area contributed by atoms with Crippen molar-refractivity contribution in [2.45, 2.75) is 6.18 Å². The van der Waals surface area contributed by atoms with E-state index in [2.05, 4.69) is 0 Å². The smallest absolute Gasteiger partial charge is 0.416 e. The highest BCUT2D eigenvalue weighted by Crippen LogP contribution is 2.32. The molecular weight excluding hydrogens is 401 g/mol. The van der Waals surface area contributed by atoms with Crippen molar-refractivity contribution in [3.8, 4) is 11.5 Å². The Labute approximate surface area is 171 Å². The third kappa shape index (κ3) is 4.34. The lowest BCUT2D eigenvalue weighted by atomic mass is 10.1. The Hall–Kier alpha value is -3.23. The molecule has 30 heavy (non-hydrogen) atoms. The van der Waals surface area contributed by atoms with Gasteiger partial charge in [0.1, 0.15) is 0 Å². The minimum absolute atomic E-state index is 0.178. The highest BCUT2D eigenvalue weighted by atomic mass is 19.4. The summed E-state index contributed by atoms with van der Waals surface area (Å²) in [5.74, 6) is 0.176. The number of carbonyl (C=O) groups is 2. The molecule has 0 bridgehead atoms. The monoisotopic (exact) mass is 422 g/mol. The van der Waals surface area contributed by atoms with Crippen LogP contribution in [0.3, 0.4) is 0 Å². The highest BCUT2D eigenvalue weighted by Gasteiger charge is 2.31. The summed E-state index contributed by atoms with van der Waals surface area (Å²) in [6.07, 6.45) is -4.45. The Bertz CT molecular complexity index is 921. The molecule has 9 heteroatoms. The number of methoxy groups -OCH3 is 2. The molecule has 0 radical (unpaired) electrons. The average molecular weight is 422 g/mol. The largest absolute Gasteiger partial charge is 0.493 e. The Morgan fingerprint density at radius 1 is 0.833 bits per heavy atom. The van der Waals surface area contributed by atoms with Crippen molar-refractivity contribution in [1.29, 1.82) is 0 Å². The lowest BCUT2D eigenvalue weighted by Crippen LogP contribution is -2.50. The summed E-state index contributed by atoms with van der Waals surface area (Å²) in [7, 11) is 2.94. The fourth-order valence-electron chi connectivity index (χ4n) is 3.32. The Morgan fingerprint density at radius 3 is 1.90 bits per heavy atom. The first kappa shape index (κ1) is 21.5. The molecule has 0 unspecified atom stereocenters. The van der Waals surface area contributed by atoms with Crippen LogP contribution in [-0.2, 0) is 6.18 Å². The van der Waals surface area contributed by atoms with Gasteiger partial charge in [0.15, 0.2) is 11.5 Å². The maximum atomic E-state index is 12.9. The number of rotatable bonds is 4. The van der Waals surface area contributed by atoms with Crippen LogP contribution in [0.2, 0.25) is 0 Å². The molecule has 2 aromatic carbocycles. The number of alkyl halides is 3. The van der Waals surface area contributed by atoms with Gasteiger partial charge < -0.3 is 19.3 Å². The van der Waals surface area contributed by atoms with Gasteiger partial charge in [-0.05, 0) is 36.4 Å². The van der Waals surface area contributed by atoms with E-state index >= 15 is 0 Å². The Balaban J connectivity index is 1.66. The molecule has 0 aromatic heterocycles. The number of benzene rings is 2. The number of para-hydroxylation sites is 1. The molecule has 1 saturated heterocycles. The lowest BCUT2D eigenvalue weighted by Gasteiger charge is -2.35. The van der Waals surface area contributed by atoms with E-state index in [1.165, 1.54) is 31.3 Å². The van der Waals surface area contributed by atoms with Gasteiger partial charge in [-0.2, -0.15) is 13.2 Å². The normalized spacial score (nSPS) is 14.4. The number of halogens is 3. The summed E-state index contributed by atoms with van der Waals surface area (Å²) in [6.45, 7) is 1.15. The van der Waals surface area contributed by atoms with Crippen molar-refractivity contribution < 1.29 is 32.2 Å². The summed E-state index contributed by atoms with van der Waals surface area (Å²) < 4.78 is 48.6. The topological polar surface area (TPSA) is 59.1 Å². The molecule has 1 aliphatic rings. The van der Waals surface area contributed by atoms with Crippen molar-refractivity contribution in [3.05, 3.63) is 59.2 Å². The number of piperazine rings is 1. The summed E-state index contributed by atoms with van der Waals surface area (Å²) in [4.78, 5) is 28.6. The van der Waals surface area contributed by atoms with Crippen LogP contribution in [-0.4, -0.2) is 62.0 Å². The van der Waals surface area contributed by atoms with Crippen LogP contribution in [0.4, 0.5) is 13.2 Å². The third-order valence-corrected chi connectivity index (χ3v) is 4.95. The number of amides is 2. The maximum Gasteiger partial charge on any atom is 0.416 e. The van der Waals surface area contributed by atoms with E-state index in [1.807, 2.05) is 0 Å². The van der Waals surface area contributed by atoms with Crippen LogP contribution in [0.1, 0.15) is 26.3 Å². The molecule has 0 N–H and O–H groups in total. The standard InChI is InChI=1S/C21H21F3N2O4/c1-29-17-5-3-4-16(18(17)30-2)20(28)26-12-10-25(11-13-26)19(27)14-6-8-15(9-7-14)21(22,23)24/h3-9H,10-13H2,1-2H3. The van der Waals surface area contributed by atoms with Crippen molar-refractivity contribution in [2.24, 2.45) is 0 Å². The van der Waals surface area contributed by atoms with Gasteiger partial charge in [-0.15, -0.1) is 0 Å². The number of nitrogens with zero attached hydrogens (tertiary/aromatic N) is 2. The van der Waals surface area contributed by atoms with Gasteiger partial charge in [0.05, 0.1) is 25.3 Å². The third-order valence-electron chi connectivity index (χ3n) is 4.95. The van der Waals surface area contributed by atoms with E-state index in [0.29, 0.717) is 30.2 Å². The molecule has 1 heterocycles. The molecule has 0 atom stereocenters. The van der Waals surface area contributed by atoms with Crippen molar-refractivity contribution in [1.82, 2.24) is 9.80 Å². The molecule has 1 fully saturated rings. The van der Waals surface area contributed by atoms with Crippen molar-refractivity contribution in [3.63, 3.8) is 0 Å². The predicted molar refractivity (Wildman–Crippen MR) is 103 cm³/mol. The van der Waals surface area contributed by atoms with E-state index in [-0.39, 0.29) is 30.5 Å². The van der Waals surface area contributed by atoms with Crippen molar-refractivity contribution in [2.75, 3.05) is 40.4 Å². The molecular formula is C21H21F3N2O4. The first-order valence-corrected chi connectivity index (χ1v) is 9.23. The molecule has 2 amide bonds. The summed E-state index contributed by atoms with van der Waals surface area (Å²) >= 11 is 0. The summed E-state index contributed by atoms with van der Waals surface area (Å²) in [5, 5.41) is 0. The number of ether oxygens (including phenoxy) is 2. The molecule has 6 nitrogen and oxygen atoms in total. The van der Waals surface area contributed by atoms with Gasteiger partial charge in [-0.3, -0.25) is 9.59 Å². The summed E-state index contributed by atoms with van der Waals surface area (Å²) in [5.41, 5.74) is -0.265. The minimum Gasteiger partial charge on any atom is -0.493 e. The Kier molecular flexibility index (Phi) is 6.19. The number of carbonyl (C=O) groups excluding carboxylic acids is 2. The van der Waals surface area contributed by atoms with E-state index in [0.717, 1.165) is 12.1 Å². The first-order valence-electron chi connectivity index (χ1n) is 9.23. The van der Waals surface area contributed by atoms with Gasteiger partial charge in [0.25, 0.3) is 11.8 Å². The second-order valence-electron chi connectivity index (χ2n) is 6.70. The molecule has 0 aliphatic carbocycles. The fraction of sp³-hybridized carbons (Fsp3) is 0.333. The zero-order valence-electron chi connectivity index (χ0n) is 16.5. The molecule has 3 rings (SSSR count). The van der Waals surface area contributed by atoms with E-state index in [4.69, 9.17) is 9.47 Å². The molecule has 0 saturated carbocycles. The summed E-state index contributed by atoms with van der Waals surface area (Å²) in [6, 6.07) is 9.15.